The highest BCUT2D eigenvalue weighted by Gasteiger charge is 2.14. The van der Waals surface area contributed by atoms with E-state index < -0.39 is 10.0 Å². The second-order valence-corrected chi connectivity index (χ2v) is 7.36. The van der Waals surface area contributed by atoms with E-state index in [1.54, 1.807) is 6.92 Å². The van der Waals surface area contributed by atoms with E-state index in [4.69, 9.17) is 5.73 Å². The SMILES string of the molecule is CC(=O)c1ccc(S(=O)(=O)NCCCc2c(C)nc(N)[nH]c2=O)cc1. The molecule has 1 aromatic heterocycles. The molecule has 0 radical (unpaired) electrons. The van der Waals surface area contributed by atoms with Crippen molar-refractivity contribution in [1.82, 2.24) is 14.7 Å². The van der Waals surface area contributed by atoms with Crippen LogP contribution in [0.5, 0.6) is 0 Å². The van der Waals surface area contributed by atoms with Crippen LogP contribution in [0.4, 0.5) is 5.95 Å². The predicted octanol–water partition coefficient (Wildman–Crippen LogP) is 0.774. The van der Waals surface area contributed by atoms with Gasteiger partial charge in [-0.15, -0.1) is 0 Å². The van der Waals surface area contributed by atoms with Crippen LogP contribution in [-0.4, -0.2) is 30.7 Å². The summed E-state index contributed by atoms with van der Waals surface area (Å²) in [7, 11) is -3.67. The zero-order valence-electron chi connectivity index (χ0n) is 14.0. The number of Topliss-reactive ketones (excluding diaryl/α,β-unsaturated/α-hetero) is 1. The number of carbonyl (C=O) groups is 1. The van der Waals surface area contributed by atoms with Crippen LogP contribution in [0.3, 0.4) is 0 Å². The maximum atomic E-state index is 12.2. The predicted molar refractivity (Wildman–Crippen MR) is 94.0 cm³/mol. The average molecular weight is 364 g/mol. The maximum absolute atomic E-state index is 12.2. The molecule has 0 aliphatic carbocycles. The normalized spacial score (nSPS) is 11.4. The van der Waals surface area contributed by atoms with E-state index in [-0.39, 0.29) is 28.7 Å². The van der Waals surface area contributed by atoms with E-state index in [2.05, 4.69) is 14.7 Å². The third kappa shape index (κ3) is 4.74. The lowest BCUT2D eigenvalue weighted by atomic mass is 10.1. The number of ketones is 1. The molecule has 4 N–H and O–H groups in total. The average Bonchev–Trinajstić information content (AvgIpc) is 2.53. The first kappa shape index (κ1) is 18.8. The zero-order valence-corrected chi connectivity index (χ0v) is 14.8. The largest absolute Gasteiger partial charge is 0.369 e. The number of benzene rings is 1. The molecule has 0 amide bonds. The number of carbonyl (C=O) groups excluding carboxylic acids is 1. The lowest BCUT2D eigenvalue weighted by Crippen LogP contribution is -2.26. The molecule has 134 valence electrons. The van der Waals surface area contributed by atoms with Crippen molar-refractivity contribution in [2.75, 3.05) is 12.3 Å². The van der Waals surface area contributed by atoms with Crippen molar-refractivity contribution in [3.8, 4) is 0 Å². The molecule has 9 heteroatoms. The van der Waals surface area contributed by atoms with E-state index in [9.17, 15) is 18.0 Å². The Morgan fingerprint density at radius 2 is 1.92 bits per heavy atom. The van der Waals surface area contributed by atoms with Gasteiger partial charge in [0.1, 0.15) is 0 Å². The minimum absolute atomic E-state index is 0.0564. The van der Waals surface area contributed by atoms with Crippen molar-refractivity contribution in [3.63, 3.8) is 0 Å². The van der Waals surface area contributed by atoms with Crippen LogP contribution < -0.4 is 16.0 Å². The molecule has 0 atom stereocenters. The summed E-state index contributed by atoms with van der Waals surface area (Å²) in [5.74, 6) is -0.0735. The summed E-state index contributed by atoms with van der Waals surface area (Å²) in [6.45, 7) is 3.26. The molecular weight excluding hydrogens is 344 g/mol. The van der Waals surface area contributed by atoms with E-state index in [1.807, 2.05) is 0 Å². The summed E-state index contributed by atoms with van der Waals surface area (Å²) in [6, 6.07) is 5.72. The number of anilines is 1. The summed E-state index contributed by atoms with van der Waals surface area (Å²) in [6.07, 6.45) is 0.806. The highest BCUT2D eigenvalue weighted by Crippen LogP contribution is 2.11. The number of rotatable bonds is 7. The highest BCUT2D eigenvalue weighted by atomic mass is 32.2. The van der Waals surface area contributed by atoms with Crippen molar-refractivity contribution < 1.29 is 13.2 Å². The van der Waals surface area contributed by atoms with Gasteiger partial charge in [0, 0.05) is 23.4 Å². The van der Waals surface area contributed by atoms with Gasteiger partial charge in [0.15, 0.2) is 5.78 Å². The summed E-state index contributed by atoms with van der Waals surface area (Å²) in [4.78, 5) is 29.5. The Kier molecular flexibility index (Phi) is 5.70. The molecule has 0 bridgehead atoms. The molecule has 0 spiro atoms. The first-order valence-corrected chi connectivity index (χ1v) is 9.15. The van der Waals surface area contributed by atoms with Gasteiger partial charge in [-0.3, -0.25) is 14.6 Å². The quantitative estimate of drug-likeness (QED) is 0.491. The van der Waals surface area contributed by atoms with Crippen LogP contribution in [0.25, 0.3) is 0 Å². The monoisotopic (exact) mass is 364 g/mol. The summed E-state index contributed by atoms with van der Waals surface area (Å²) in [5, 5.41) is 0. The van der Waals surface area contributed by atoms with Crippen molar-refractivity contribution in [2.45, 2.75) is 31.6 Å². The number of nitrogen functional groups attached to an aromatic ring is 1. The van der Waals surface area contributed by atoms with Gasteiger partial charge in [-0.2, -0.15) is 0 Å². The third-order valence-electron chi connectivity index (χ3n) is 3.71. The third-order valence-corrected chi connectivity index (χ3v) is 5.18. The fraction of sp³-hybridized carbons (Fsp3) is 0.312. The molecule has 0 saturated carbocycles. The second kappa shape index (κ2) is 7.58. The van der Waals surface area contributed by atoms with Crippen LogP contribution in [0.1, 0.15) is 35.0 Å². The fourth-order valence-corrected chi connectivity index (χ4v) is 3.42. The molecule has 25 heavy (non-hydrogen) atoms. The Hall–Kier alpha value is -2.52. The highest BCUT2D eigenvalue weighted by molar-refractivity contribution is 7.89. The number of H-pyrrole nitrogens is 1. The zero-order chi connectivity index (χ0) is 18.6. The van der Waals surface area contributed by atoms with Crippen LogP contribution in [0.15, 0.2) is 34.0 Å². The number of nitrogens with one attached hydrogen (secondary N) is 2. The number of nitrogens with zero attached hydrogens (tertiary/aromatic N) is 1. The van der Waals surface area contributed by atoms with Crippen LogP contribution in [0.2, 0.25) is 0 Å². The minimum atomic E-state index is -3.67. The Bertz CT molecular complexity index is 934. The Morgan fingerprint density at radius 3 is 2.48 bits per heavy atom. The molecule has 1 heterocycles. The number of nitrogens with two attached hydrogens (primary N) is 1. The van der Waals surface area contributed by atoms with Gasteiger partial charge in [-0.1, -0.05) is 12.1 Å². The molecule has 0 fully saturated rings. The smallest absolute Gasteiger partial charge is 0.255 e. The second-order valence-electron chi connectivity index (χ2n) is 5.60. The molecular formula is C16H20N4O4S. The van der Waals surface area contributed by atoms with Gasteiger partial charge >= 0.3 is 0 Å². The summed E-state index contributed by atoms with van der Waals surface area (Å²) < 4.78 is 26.9. The number of hydrogen-bond donors (Lipinski definition) is 3. The number of hydrogen-bond acceptors (Lipinski definition) is 6. The van der Waals surface area contributed by atoms with E-state index in [1.165, 1.54) is 31.2 Å². The number of aromatic amines is 1. The van der Waals surface area contributed by atoms with Gasteiger partial charge in [-0.05, 0) is 38.8 Å². The van der Waals surface area contributed by atoms with Crippen molar-refractivity contribution in [2.24, 2.45) is 0 Å². The lowest BCUT2D eigenvalue weighted by molar-refractivity contribution is 0.101. The number of sulfonamides is 1. The van der Waals surface area contributed by atoms with Crippen LogP contribution in [-0.2, 0) is 16.4 Å². The van der Waals surface area contributed by atoms with Crippen LogP contribution >= 0.6 is 0 Å². The Morgan fingerprint density at radius 1 is 1.28 bits per heavy atom. The molecule has 1 aromatic carbocycles. The first-order chi connectivity index (χ1) is 11.7. The van der Waals surface area contributed by atoms with Crippen molar-refractivity contribution in [1.29, 1.82) is 0 Å². The summed E-state index contributed by atoms with van der Waals surface area (Å²) >= 11 is 0. The fourth-order valence-electron chi connectivity index (χ4n) is 2.35. The van der Waals surface area contributed by atoms with Gasteiger partial charge in [0.2, 0.25) is 16.0 Å². The van der Waals surface area contributed by atoms with Crippen molar-refractivity contribution >= 4 is 21.8 Å². The lowest BCUT2D eigenvalue weighted by Gasteiger charge is -2.08. The van der Waals surface area contributed by atoms with Crippen molar-refractivity contribution in [3.05, 3.63) is 51.4 Å². The number of aromatic nitrogens is 2. The first-order valence-electron chi connectivity index (χ1n) is 7.66. The Balaban J connectivity index is 1.97. The molecule has 0 unspecified atom stereocenters. The van der Waals surface area contributed by atoms with Gasteiger partial charge in [0.05, 0.1) is 4.90 Å². The maximum Gasteiger partial charge on any atom is 0.255 e. The molecule has 2 rings (SSSR count). The van der Waals surface area contributed by atoms with Gasteiger partial charge < -0.3 is 5.73 Å². The standard InChI is InChI=1S/C16H20N4O4S/c1-10-14(15(22)20-16(17)19-10)4-3-9-18-25(23,24)13-7-5-12(6-8-13)11(2)21/h5-8,18H,3-4,9H2,1-2H3,(H3,17,19,20,22). The summed E-state index contributed by atoms with van der Waals surface area (Å²) in [5.41, 5.74) is 6.61. The topological polar surface area (TPSA) is 135 Å². The molecule has 8 nitrogen and oxygen atoms in total. The molecule has 2 aromatic rings. The molecule has 0 aliphatic heterocycles. The van der Waals surface area contributed by atoms with Crippen LogP contribution in [0, 0.1) is 6.92 Å². The van der Waals surface area contributed by atoms with E-state index in [0.29, 0.717) is 29.7 Å². The van der Waals surface area contributed by atoms with E-state index >= 15 is 0 Å². The van der Waals surface area contributed by atoms with Gasteiger partial charge in [0.25, 0.3) is 5.56 Å². The van der Waals surface area contributed by atoms with Gasteiger partial charge in [-0.25, -0.2) is 18.1 Å². The Labute approximate surface area is 145 Å². The van der Waals surface area contributed by atoms with E-state index in [0.717, 1.165) is 0 Å². The minimum Gasteiger partial charge on any atom is -0.369 e. The molecule has 0 aliphatic rings. The molecule has 0 saturated heterocycles. The number of aryl methyl sites for hydroxylation is 1.